The largest absolute Gasteiger partial charge is 0.368 e. The Morgan fingerprint density at radius 3 is 1.68 bits per heavy atom. The first kappa shape index (κ1) is 33.3. The topological polar surface area (TPSA) is 174 Å². The number of amides is 11. The van der Waals surface area contributed by atoms with Crippen LogP contribution < -0.4 is 11.1 Å². The average Bonchev–Trinajstić information content (AvgIpc) is 2.82. The van der Waals surface area contributed by atoms with Crippen LogP contribution in [0.3, 0.4) is 0 Å². The van der Waals surface area contributed by atoms with Crippen LogP contribution in [0, 0.1) is 11.8 Å². The normalized spacial score (nSPS) is 11.4. The van der Waals surface area contributed by atoms with Crippen molar-refractivity contribution in [3.8, 4) is 0 Å². The third-order valence-corrected chi connectivity index (χ3v) is 5.58. The molecule has 0 spiro atoms. The van der Waals surface area contributed by atoms with Gasteiger partial charge in [0.05, 0.1) is 0 Å². The lowest BCUT2D eigenvalue weighted by molar-refractivity contribution is -0.138. The zero-order chi connectivity index (χ0) is 29.2. The molecule has 0 fully saturated rings. The van der Waals surface area contributed by atoms with E-state index in [-0.39, 0.29) is 18.3 Å². The van der Waals surface area contributed by atoms with E-state index in [1.165, 1.54) is 21.1 Å². The maximum atomic E-state index is 12.6. The van der Waals surface area contributed by atoms with Crippen LogP contribution in [0.15, 0.2) is 0 Å². The van der Waals surface area contributed by atoms with Crippen molar-refractivity contribution in [3.05, 3.63) is 0 Å². The second-order valence-electron chi connectivity index (χ2n) is 9.71. The lowest BCUT2D eigenvalue weighted by atomic mass is 10.0. The number of likely N-dealkylation sites (N-methyl/N-ethyl adjacent to an activating group) is 2. The molecule has 3 N–H and O–H groups in total. The van der Waals surface area contributed by atoms with E-state index in [1.807, 2.05) is 33.0 Å². The third-order valence-electron chi connectivity index (χ3n) is 5.58. The molecule has 0 aromatic carbocycles. The SMILES string of the molecule is CC(C)CCC(=O)N(C)C(=O)N(C)C(=O)N(C)C(=O)NC(=O)N(C)CC(=O)N(C)[C@@H](CC(C)C)C(N)=O. The van der Waals surface area contributed by atoms with E-state index in [4.69, 9.17) is 5.73 Å². The quantitative estimate of drug-likeness (QED) is 0.451. The first-order chi connectivity index (χ1) is 16.9. The number of imide groups is 4. The molecule has 0 aromatic rings. The Bertz CT molecular complexity index is 891. The molecule has 0 rings (SSSR count). The molecule has 0 unspecified atom stereocenters. The Balaban J connectivity index is 5.08. The van der Waals surface area contributed by atoms with Gasteiger partial charge < -0.3 is 15.5 Å². The summed E-state index contributed by atoms with van der Waals surface area (Å²) < 4.78 is 0. The van der Waals surface area contributed by atoms with Gasteiger partial charge in [0.25, 0.3) is 0 Å². The number of rotatable bonds is 9. The smallest absolute Gasteiger partial charge is 0.335 e. The second kappa shape index (κ2) is 14.8. The molecule has 0 aliphatic carbocycles. The molecular weight excluding hydrogens is 486 g/mol. The molecule has 0 heterocycles. The van der Waals surface area contributed by atoms with E-state index in [0.717, 1.165) is 28.8 Å². The van der Waals surface area contributed by atoms with Crippen molar-refractivity contribution in [1.82, 2.24) is 29.8 Å². The fraction of sp³-hybridized carbons (Fsp3) is 0.696. The average molecular weight is 528 g/mol. The monoisotopic (exact) mass is 527 g/mol. The highest BCUT2D eigenvalue weighted by molar-refractivity contribution is 6.07. The number of nitrogens with one attached hydrogen (secondary N) is 1. The van der Waals surface area contributed by atoms with Gasteiger partial charge in [-0.1, -0.05) is 27.7 Å². The number of nitrogens with zero attached hydrogens (tertiary/aromatic N) is 5. The summed E-state index contributed by atoms with van der Waals surface area (Å²) in [5.74, 6) is -1.42. The van der Waals surface area contributed by atoms with Crippen LogP contribution in [-0.4, -0.2) is 114 Å². The van der Waals surface area contributed by atoms with Gasteiger partial charge in [0, 0.05) is 41.7 Å². The summed E-state index contributed by atoms with van der Waals surface area (Å²) in [4.78, 5) is 90.2. The fourth-order valence-corrected chi connectivity index (χ4v) is 3.05. The Labute approximate surface area is 218 Å². The fourth-order valence-electron chi connectivity index (χ4n) is 3.05. The van der Waals surface area contributed by atoms with E-state index in [0.29, 0.717) is 22.6 Å². The lowest BCUT2D eigenvalue weighted by Crippen LogP contribution is -2.55. The van der Waals surface area contributed by atoms with Crippen molar-refractivity contribution < 1.29 is 33.6 Å². The van der Waals surface area contributed by atoms with Gasteiger partial charge in [0.15, 0.2) is 0 Å². The van der Waals surface area contributed by atoms with Gasteiger partial charge in [-0.15, -0.1) is 0 Å². The number of carbonyl (C=O) groups excluding carboxylic acids is 7. The molecule has 11 amide bonds. The minimum absolute atomic E-state index is 0.0856. The molecule has 0 saturated carbocycles. The molecule has 1 atom stereocenters. The molecule has 0 aliphatic heterocycles. The molecule has 14 nitrogen and oxygen atoms in total. The van der Waals surface area contributed by atoms with E-state index < -0.39 is 54.4 Å². The maximum Gasteiger partial charge on any atom is 0.335 e. The number of urea groups is 4. The highest BCUT2D eigenvalue weighted by Crippen LogP contribution is 2.11. The van der Waals surface area contributed by atoms with Crippen LogP contribution in [0.1, 0.15) is 47.0 Å². The molecule has 14 heteroatoms. The summed E-state index contributed by atoms with van der Waals surface area (Å²) in [7, 11) is 5.99. The van der Waals surface area contributed by atoms with Gasteiger partial charge in [-0.3, -0.25) is 24.6 Å². The summed E-state index contributed by atoms with van der Waals surface area (Å²) in [5, 5.41) is 1.94. The number of carbonyl (C=O) groups is 7. The van der Waals surface area contributed by atoms with Crippen LogP contribution in [-0.2, 0) is 14.4 Å². The van der Waals surface area contributed by atoms with Crippen LogP contribution in [0.2, 0.25) is 0 Å². The first-order valence-electron chi connectivity index (χ1n) is 11.8. The van der Waals surface area contributed by atoms with Crippen molar-refractivity contribution >= 4 is 41.8 Å². The molecule has 0 radical (unpaired) electrons. The van der Waals surface area contributed by atoms with Crippen molar-refractivity contribution in [3.63, 3.8) is 0 Å². The van der Waals surface area contributed by atoms with Gasteiger partial charge >= 0.3 is 24.1 Å². The minimum Gasteiger partial charge on any atom is -0.368 e. The molecule has 0 aromatic heterocycles. The number of hydrogen-bond acceptors (Lipinski definition) is 7. The van der Waals surface area contributed by atoms with Crippen LogP contribution in [0.4, 0.5) is 19.2 Å². The number of primary amides is 1. The highest BCUT2D eigenvalue weighted by atomic mass is 16.2. The number of hydrogen-bond donors (Lipinski definition) is 2. The van der Waals surface area contributed by atoms with Gasteiger partial charge in [0.2, 0.25) is 17.7 Å². The van der Waals surface area contributed by atoms with Crippen LogP contribution >= 0.6 is 0 Å². The second-order valence-corrected chi connectivity index (χ2v) is 9.71. The van der Waals surface area contributed by atoms with Gasteiger partial charge in [0.1, 0.15) is 12.6 Å². The summed E-state index contributed by atoms with van der Waals surface area (Å²) in [6.07, 6.45) is 1.01. The predicted molar refractivity (Wildman–Crippen MR) is 135 cm³/mol. The first-order valence-corrected chi connectivity index (χ1v) is 11.8. The predicted octanol–water partition coefficient (Wildman–Crippen LogP) is 1.10. The highest BCUT2D eigenvalue weighted by Gasteiger charge is 2.31. The van der Waals surface area contributed by atoms with E-state index in [1.54, 1.807) is 0 Å². The zero-order valence-electron chi connectivity index (χ0n) is 23.2. The third kappa shape index (κ3) is 10.4. The van der Waals surface area contributed by atoms with Gasteiger partial charge in [-0.25, -0.2) is 29.0 Å². The zero-order valence-corrected chi connectivity index (χ0v) is 23.2. The van der Waals surface area contributed by atoms with Crippen LogP contribution in [0.25, 0.3) is 0 Å². The molecule has 0 aliphatic rings. The van der Waals surface area contributed by atoms with E-state index >= 15 is 0 Å². The molecular formula is C23H41N7O7. The number of nitrogens with two attached hydrogens (primary N) is 1. The van der Waals surface area contributed by atoms with Crippen molar-refractivity contribution in [2.24, 2.45) is 17.6 Å². The Kier molecular flexibility index (Phi) is 13.3. The summed E-state index contributed by atoms with van der Waals surface area (Å²) in [6, 6.07) is -5.05. The van der Waals surface area contributed by atoms with Gasteiger partial charge in [-0.05, 0) is 24.7 Å². The standard InChI is InChI=1S/C23H41N7O7/c1-14(2)10-11-17(31)28(7)22(36)30(9)23(37)29(8)21(35)25-20(34)26(5)13-18(32)27(6)16(19(24)33)12-15(3)4/h14-16H,10-13H2,1-9H3,(H2,24,33)(H,25,34,35)/t16-/m0/s1. The summed E-state index contributed by atoms with van der Waals surface area (Å²) in [5.41, 5.74) is 5.39. The molecule has 0 bridgehead atoms. The Hall–Kier alpha value is -3.71. The summed E-state index contributed by atoms with van der Waals surface area (Å²) >= 11 is 0. The molecule has 0 saturated heterocycles. The lowest BCUT2D eigenvalue weighted by Gasteiger charge is -2.29. The minimum atomic E-state index is -1.16. The Morgan fingerprint density at radius 2 is 1.22 bits per heavy atom. The molecule has 210 valence electrons. The molecule has 37 heavy (non-hydrogen) atoms. The van der Waals surface area contributed by atoms with Crippen LogP contribution in [0.5, 0.6) is 0 Å². The maximum absolute atomic E-state index is 12.6. The van der Waals surface area contributed by atoms with E-state index in [9.17, 15) is 33.6 Å². The van der Waals surface area contributed by atoms with E-state index in [2.05, 4.69) is 0 Å². The van der Waals surface area contributed by atoms with Crippen molar-refractivity contribution in [2.45, 2.75) is 53.0 Å². The Morgan fingerprint density at radius 1 is 0.703 bits per heavy atom. The van der Waals surface area contributed by atoms with Gasteiger partial charge in [-0.2, -0.15) is 0 Å². The summed E-state index contributed by atoms with van der Waals surface area (Å²) in [6.45, 7) is 7.11. The van der Waals surface area contributed by atoms with Crippen molar-refractivity contribution in [1.29, 1.82) is 0 Å². The van der Waals surface area contributed by atoms with Crippen molar-refractivity contribution in [2.75, 3.05) is 41.8 Å².